The Balaban J connectivity index is 1.73. The third kappa shape index (κ3) is 3.18. The van der Waals surface area contributed by atoms with Crippen molar-refractivity contribution in [3.63, 3.8) is 0 Å². The number of carbonyl (C=O) groups is 1. The van der Waals surface area contributed by atoms with Gasteiger partial charge in [-0.3, -0.25) is 4.79 Å². The average Bonchev–Trinajstić information content (AvgIpc) is 2.64. The monoisotopic (exact) mass is 326 g/mol. The van der Waals surface area contributed by atoms with Crippen molar-refractivity contribution >= 4 is 11.9 Å². The first kappa shape index (κ1) is 16.2. The summed E-state index contributed by atoms with van der Waals surface area (Å²) in [4.78, 5) is 25.4. The Bertz CT molecular complexity index is 725. The topological polar surface area (TPSA) is 58.6 Å². The van der Waals surface area contributed by atoms with E-state index in [0.717, 1.165) is 24.2 Å². The van der Waals surface area contributed by atoms with Crippen LogP contribution < -0.4 is 9.64 Å². The second-order valence-corrected chi connectivity index (χ2v) is 5.96. The number of aromatic nitrogens is 2. The molecule has 6 heteroatoms. The van der Waals surface area contributed by atoms with Crippen LogP contribution in [0.1, 0.15) is 21.5 Å². The largest absolute Gasteiger partial charge is 0.496 e. The van der Waals surface area contributed by atoms with Gasteiger partial charge in [0, 0.05) is 38.6 Å². The molecule has 0 spiro atoms. The van der Waals surface area contributed by atoms with Crippen molar-refractivity contribution in [3.05, 3.63) is 47.3 Å². The number of methoxy groups -OCH3 is 1. The summed E-state index contributed by atoms with van der Waals surface area (Å²) < 4.78 is 5.41. The second kappa shape index (κ2) is 6.86. The zero-order chi connectivity index (χ0) is 17.1. The Labute approximate surface area is 142 Å². The van der Waals surface area contributed by atoms with Crippen molar-refractivity contribution < 1.29 is 9.53 Å². The zero-order valence-electron chi connectivity index (χ0n) is 14.3. The smallest absolute Gasteiger partial charge is 0.257 e. The normalized spacial score (nSPS) is 14.6. The van der Waals surface area contributed by atoms with Crippen LogP contribution in [0.25, 0.3) is 0 Å². The molecule has 24 heavy (non-hydrogen) atoms. The number of benzene rings is 1. The molecule has 0 N–H and O–H groups in total. The van der Waals surface area contributed by atoms with Gasteiger partial charge in [0.2, 0.25) is 5.95 Å². The molecule has 1 amide bonds. The maximum atomic E-state index is 12.9. The van der Waals surface area contributed by atoms with Gasteiger partial charge in [-0.2, -0.15) is 0 Å². The SMILES string of the molecule is COc1cc(C)c(C)cc1C(=O)N1CCN(c2ncccn2)CC1. The lowest BCUT2D eigenvalue weighted by atomic mass is 10.0. The predicted molar refractivity (Wildman–Crippen MR) is 92.6 cm³/mol. The second-order valence-electron chi connectivity index (χ2n) is 5.96. The van der Waals surface area contributed by atoms with Crippen LogP contribution >= 0.6 is 0 Å². The summed E-state index contributed by atoms with van der Waals surface area (Å²) >= 11 is 0. The van der Waals surface area contributed by atoms with Gasteiger partial charge in [0.25, 0.3) is 5.91 Å². The number of nitrogens with zero attached hydrogens (tertiary/aromatic N) is 4. The van der Waals surface area contributed by atoms with Gasteiger partial charge >= 0.3 is 0 Å². The molecular weight excluding hydrogens is 304 g/mol. The summed E-state index contributed by atoms with van der Waals surface area (Å²) in [6.07, 6.45) is 3.47. The summed E-state index contributed by atoms with van der Waals surface area (Å²) in [5.41, 5.74) is 2.84. The van der Waals surface area contributed by atoms with E-state index < -0.39 is 0 Å². The number of carbonyl (C=O) groups excluding carboxylic acids is 1. The van der Waals surface area contributed by atoms with Gasteiger partial charge in [0.15, 0.2) is 0 Å². The van der Waals surface area contributed by atoms with Gasteiger partial charge in [0.05, 0.1) is 12.7 Å². The van der Waals surface area contributed by atoms with Crippen LogP contribution in [-0.2, 0) is 0 Å². The lowest BCUT2D eigenvalue weighted by molar-refractivity contribution is 0.0742. The molecule has 0 saturated carbocycles. The Morgan fingerprint density at radius 2 is 1.67 bits per heavy atom. The maximum absolute atomic E-state index is 12.9. The highest BCUT2D eigenvalue weighted by Gasteiger charge is 2.25. The number of amides is 1. The lowest BCUT2D eigenvalue weighted by Crippen LogP contribution is -2.49. The number of aryl methyl sites for hydroxylation is 2. The minimum atomic E-state index is 0.0172. The van der Waals surface area contributed by atoms with E-state index in [1.807, 2.05) is 30.9 Å². The highest BCUT2D eigenvalue weighted by atomic mass is 16.5. The highest BCUT2D eigenvalue weighted by molar-refractivity contribution is 5.97. The minimum Gasteiger partial charge on any atom is -0.496 e. The molecule has 2 aromatic rings. The molecule has 1 aromatic heterocycles. The van der Waals surface area contributed by atoms with Gasteiger partial charge in [-0.1, -0.05) is 0 Å². The molecule has 0 unspecified atom stereocenters. The van der Waals surface area contributed by atoms with Gasteiger partial charge in [-0.15, -0.1) is 0 Å². The fourth-order valence-corrected chi connectivity index (χ4v) is 2.86. The van der Waals surface area contributed by atoms with E-state index in [1.54, 1.807) is 25.6 Å². The summed E-state index contributed by atoms with van der Waals surface area (Å²) in [5.74, 6) is 1.37. The molecule has 1 fully saturated rings. The number of hydrogen-bond donors (Lipinski definition) is 0. The maximum Gasteiger partial charge on any atom is 0.257 e. The van der Waals surface area contributed by atoms with Crippen LogP contribution in [0.2, 0.25) is 0 Å². The van der Waals surface area contributed by atoms with E-state index >= 15 is 0 Å². The molecule has 1 saturated heterocycles. The Kier molecular flexibility index (Phi) is 4.64. The van der Waals surface area contributed by atoms with Crippen molar-refractivity contribution in [2.24, 2.45) is 0 Å². The quantitative estimate of drug-likeness (QED) is 0.864. The summed E-state index contributed by atoms with van der Waals surface area (Å²) in [6, 6.07) is 5.65. The molecule has 6 nitrogen and oxygen atoms in total. The van der Waals surface area contributed by atoms with Crippen molar-refractivity contribution in [1.29, 1.82) is 0 Å². The van der Waals surface area contributed by atoms with Crippen molar-refractivity contribution in [1.82, 2.24) is 14.9 Å². The summed E-state index contributed by atoms with van der Waals surface area (Å²) in [5, 5.41) is 0. The van der Waals surface area contributed by atoms with Crippen LogP contribution in [0, 0.1) is 13.8 Å². The number of anilines is 1. The molecule has 0 radical (unpaired) electrons. The van der Waals surface area contributed by atoms with Gasteiger partial charge < -0.3 is 14.5 Å². The predicted octanol–water partition coefficient (Wildman–Crippen LogP) is 2.06. The Morgan fingerprint density at radius 1 is 1.04 bits per heavy atom. The molecule has 0 bridgehead atoms. The van der Waals surface area contributed by atoms with E-state index in [9.17, 15) is 4.79 Å². The Hall–Kier alpha value is -2.63. The molecule has 3 rings (SSSR count). The highest BCUT2D eigenvalue weighted by Crippen LogP contribution is 2.25. The number of ether oxygens (including phenoxy) is 1. The third-order valence-electron chi connectivity index (χ3n) is 4.45. The first-order valence-corrected chi connectivity index (χ1v) is 8.06. The Morgan fingerprint density at radius 3 is 2.29 bits per heavy atom. The van der Waals surface area contributed by atoms with Crippen LogP contribution in [-0.4, -0.2) is 54.1 Å². The number of rotatable bonds is 3. The molecule has 0 atom stereocenters. The van der Waals surface area contributed by atoms with Crippen molar-refractivity contribution in [2.75, 3.05) is 38.2 Å². The zero-order valence-corrected chi connectivity index (χ0v) is 14.3. The number of piperazine rings is 1. The summed E-state index contributed by atoms with van der Waals surface area (Å²) in [6.45, 7) is 6.77. The van der Waals surface area contributed by atoms with Crippen molar-refractivity contribution in [3.8, 4) is 5.75 Å². The standard InChI is InChI=1S/C18H22N4O2/c1-13-11-15(16(24-3)12-14(13)2)17(23)21-7-9-22(10-8-21)18-19-5-4-6-20-18/h4-6,11-12H,7-10H2,1-3H3. The van der Waals surface area contributed by atoms with Gasteiger partial charge in [-0.25, -0.2) is 9.97 Å². The van der Waals surface area contributed by atoms with Gasteiger partial charge in [0.1, 0.15) is 5.75 Å². The minimum absolute atomic E-state index is 0.0172. The van der Waals surface area contributed by atoms with Crippen molar-refractivity contribution in [2.45, 2.75) is 13.8 Å². The first-order valence-electron chi connectivity index (χ1n) is 8.06. The van der Waals surface area contributed by atoms with E-state index in [0.29, 0.717) is 30.4 Å². The van der Waals surface area contributed by atoms with E-state index in [2.05, 4.69) is 14.9 Å². The van der Waals surface area contributed by atoms with Gasteiger partial charge in [-0.05, 0) is 43.2 Å². The van der Waals surface area contributed by atoms with E-state index in [4.69, 9.17) is 4.74 Å². The molecule has 1 aliphatic heterocycles. The van der Waals surface area contributed by atoms with Crippen LogP contribution in [0.5, 0.6) is 5.75 Å². The van der Waals surface area contributed by atoms with E-state index in [-0.39, 0.29) is 5.91 Å². The molecular formula is C18H22N4O2. The molecule has 1 aliphatic rings. The van der Waals surface area contributed by atoms with E-state index in [1.165, 1.54) is 0 Å². The summed E-state index contributed by atoms with van der Waals surface area (Å²) in [7, 11) is 1.60. The molecule has 1 aromatic carbocycles. The third-order valence-corrected chi connectivity index (χ3v) is 4.45. The fourth-order valence-electron chi connectivity index (χ4n) is 2.86. The molecule has 126 valence electrons. The fraction of sp³-hybridized carbons (Fsp3) is 0.389. The molecule has 0 aliphatic carbocycles. The average molecular weight is 326 g/mol. The van der Waals surface area contributed by atoms with Crippen LogP contribution in [0.3, 0.4) is 0 Å². The first-order chi connectivity index (χ1) is 11.6. The lowest BCUT2D eigenvalue weighted by Gasteiger charge is -2.35. The van der Waals surface area contributed by atoms with Crippen LogP contribution in [0.15, 0.2) is 30.6 Å². The van der Waals surface area contributed by atoms with Crippen LogP contribution in [0.4, 0.5) is 5.95 Å². The molecule has 2 heterocycles. The number of hydrogen-bond acceptors (Lipinski definition) is 5.